The van der Waals surface area contributed by atoms with Crippen molar-refractivity contribution in [3.8, 4) is 11.3 Å². The van der Waals surface area contributed by atoms with Crippen molar-refractivity contribution in [3.63, 3.8) is 0 Å². The number of carbonyl (C=O) groups is 1. The maximum atomic E-state index is 12.2. The number of nitrogens with zero attached hydrogens (tertiary/aromatic N) is 1. The fourth-order valence-electron chi connectivity index (χ4n) is 2.16. The summed E-state index contributed by atoms with van der Waals surface area (Å²) in [7, 11) is 0. The molecule has 0 bridgehead atoms. The Bertz CT molecular complexity index is 571. The number of amides is 1. The Kier molecular flexibility index (Phi) is 7.63. The van der Waals surface area contributed by atoms with Crippen LogP contribution in [0.5, 0.6) is 0 Å². The number of aromatic nitrogens is 2. The summed E-state index contributed by atoms with van der Waals surface area (Å²) < 4.78 is 0. The van der Waals surface area contributed by atoms with E-state index >= 15 is 0 Å². The Balaban J connectivity index is 0.00000242. The van der Waals surface area contributed by atoms with Gasteiger partial charge in [-0.2, -0.15) is 5.10 Å². The van der Waals surface area contributed by atoms with E-state index in [0.717, 1.165) is 30.5 Å². The maximum absolute atomic E-state index is 12.2. The topological polar surface area (TPSA) is 83.8 Å². The Hall–Kier alpha value is -1.85. The van der Waals surface area contributed by atoms with Crippen LogP contribution in [0.2, 0.25) is 0 Å². The average molecular weight is 323 g/mol. The summed E-state index contributed by atoms with van der Waals surface area (Å²) in [6, 6.07) is 11.5. The summed E-state index contributed by atoms with van der Waals surface area (Å²) in [5.74, 6) is -0.156. The van der Waals surface area contributed by atoms with Crippen molar-refractivity contribution in [1.29, 1.82) is 0 Å². The number of hydrogen-bond donors (Lipinski definition) is 3. The number of benzene rings is 1. The van der Waals surface area contributed by atoms with Crippen LogP contribution in [0, 0.1) is 0 Å². The molecule has 1 atom stereocenters. The number of hydrogen-bond acceptors (Lipinski definition) is 3. The molecule has 4 N–H and O–H groups in total. The first-order chi connectivity index (χ1) is 10.2. The number of aromatic amines is 1. The van der Waals surface area contributed by atoms with E-state index in [1.54, 1.807) is 6.07 Å². The predicted molar refractivity (Wildman–Crippen MR) is 91.1 cm³/mol. The van der Waals surface area contributed by atoms with Gasteiger partial charge in [0.25, 0.3) is 5.91 Å². The number of H-pyrrole nitrogens is 1. The van der Waals surface area contributed by atoms with Gasteiger partial charge >= 0.3 is 0 Å². The first-order valence-corrected chi connectivity index (χ1v) is 7.36. The summed E-state index contributed by atoms with van der Waals surface area (Å²) in [6.45, 7) is 2.57. The van der Waals surface area contributed by atoms with Crippen LogP contribution in [0.1, 0.15) is 36.7 Å². The van der Waals surface area contributed by atoms with Crippen LogP contribution in [0.3, 0.4) is 0 Å². The van der Waals surface area contributed by atoms with Crippen molar-refractivity contribution >= 4 is 18.3 Å². The molecule has 0 aliphatic rings. The molecule has 0 aliphatic carbocycles. The lowest BCUT2D eigenvalue weighted by molar-refractivity contribution is 0.0930. The summed E-state index contributed by atoms with van der Waals surface area (Å²) in [4.78, 5) is 12.2. The van der Waals surface area contributed by atoms with Crippen molar-refractivity contribution in [2.24, 2.45) is 5.73 Å². The zero-order chi connectivity index (χ0) is 15.1. The molecule has 0 radical (unpaired) electrons. The second kappa shape index (κ2) is 9.23. The Morgan fingerprint density at radius 1 is 1.36 bits per heavy atom. The normalized spacial score (nSPS) is 11.5. The van der Waals surface area contributed by atoms with Crippen molar-refractivity contribution in [2.45, 2.75) is 32.2 Å². The monoisotopic (exact) mass is 322 g/mol. The molecule has 22 heavy (non-hydrogen) atoms. The number of halogens is 1. The minimum absolute atomic E-state index is 0. The van der Waals surface area contributed by atoms with E-state index in [9.17, 15) is 4.79 Å². The van der Waals surface area contributed by atoms with Crippen molar-refractivity contribution in [2.75, 3.05) is 6.54 Å². The first kappa shape index (κ1) is 18.2. The quantitative estimate of drug-likeness (QED) is 0.733. The van der Waals surface area contributed by atoms with Gasteiger partial charge in [-0.15, -0.1) is 12.4 Å². The second-order valence-corrected chi connectivity index (χ2v) is 5.08. The van der Waals surface area contributed by atoms with Gasteiger partial charge in [0.15, 0.2) is 0 Å². The van der Waals surface area contributed by atoms with E-state index in [4.69, 9.17) is 5.73 Å². The molecule has 0 fully saturated rings. The highest BCUT2D eigenvalue weighted by atomic mass is 35.5. The molecule has 2 aromatic rings. The van der Waals surface area contributed by atoms with Crippen LogP contribution < -0.4 is 11.1 Å². The first-order valence-electron chi connectivity index (χ1n) is 7.36. The van der Waals surface area contributed by atoms with E-state index < -0.39 is 0 Å². The molecule has 1 unspecified atom stereocenters. The van der Waals surface area contributed by atoms with E-state index in [2.05, 4.69) is 22.4 Å². The largest absolute Gasteiger partial charge is 0.347 e. The fourth-order valence-corrected chi connectivity index (χ4v) is 2.16. The number of nitrogens with one attached hydrogen (secondary N) is 2. The SMILES string of the molecule is CCCCC(CN)NC(=O)c1cc(-c2ccccc2)n[nH]1.Cl. The zero-order valence-corrected chi connectivity index (χ0v) is 13.5. The highest BCUT2D eigenvalue weighted by molar-refractivity contribution is 5.93. The molecule has 120 valence electrons. The lowest BCUT2D eigenvalue weighted by Crippen LogP contribution is -2.40. The van der Waals surface area contributed by atoms with Gasteiger partial charge in [-0.05, 0) is 12.5 Å². The predicted octanol–water partition coefficient (Wildman–Crippen LogP) is 2.75. The molecular weight excluding hydrogens is 300 g/mol. The minimum atomic E-state index is -0.156. The highest BCUT2D eigenvalue weighted by Crippen LogP contribution is 2.16. The molecule has 1 heterocycles. The smallest absolute Gasteiger partial charge is 0.269 e. The lowest BCUT2D eigenvalue weighted by Gasteiger charge is -2.15. The van der Waals surface area contributed by atoms with E-state index in [0.29, 0.717) is 12.2 Å². The zero-order valence-electron chi connectivity index (χ0n) is 12.7. The molecule has 0 saturated heterocycles. The van der Waals surface area contributed by atoms with Crippen LogP contribution in [-0.2, 0) is 0 Å². The standard InChI is InChI=1S/C16H22N4O.ClH/c1-2-3-9-13(11-17)18-16(21)15-10-14(19-20-15)12-7-5-4-6-8-12;/h4-8,10,13H,2-3,9,11,17H2,1H3,(H,18,21)(H,19,20);1H. The molecule has 1 aromatic carbocycles. The van der Waals surface area contributed by atoms with Crippen molar-refractivity contribution in [1.82, 2.24) is 15.5 Å². The van der Waals surface area contributed by atoms with Gasteiger partial charge in [0.2, 0.25) is 0 Å². The third-order valence-corrected chi connectivity index (χ3v) is 3.42. The van der Waals surface area contributed by atoms with Gasteiger partial charge in [0.1, 0.15) is 5.69 Å². The third kappa shape index (κ3) is 4.86. The molecule has 5 nitrogen and oxygen atoms in total. The van der Waals surface area contributed by atoms with Crippen LogP contribution in [0.15, 0.2) is 36.4 Å². The van der Waals surface area contributed by atoms with Crippen LogP contribution >= 0.6 is 12.4 Å². The van der Waals surface area contributed by atoms with Crippen LogP contribution in [-0.4, -0.2) is 28.7 Å². The summed E-state index contributed by atoms with van der Waals surface area (Å²) >= 11 is 0. The Morgan fingerprint density at radius 2 is 2.09 bits per heavy atom. The van der Waals surface area contributed by atoms with Crippen molar-refractivity contribution < 1.29 is 4.79 Å². The molecule has 6 heteroatoms. The highest BCUT2D eigenvalue weighted by Gasteiger charge is 2.14. The van der Waals surface area contributed by atoms with E-state index in [-0.39, 0.29) is 24.4 Å². The molecule has 1 amide bonds. The lowest BCUT2D eigenvalue weighted by atomic mass is 10.1. The van der Waals surface area contributed by atoms with Gasteiger partial charge in [-0.1, -0.05) is 50.1 Å². The third-order valence-electron chi connectivity index (χ3n) is 3.42. The number of unbranched alkanes of at least 4 members (excludes halogenated alkanes) is 1. The fraction of sp³-hybridized carbons (Fsp3) is 0.375. The number of carbonyl (C=O) groups excluding carboxylic acids is 1. The molecular formula is C16H23ClN4O. The Labute approximate surface area is 137 Å². The van der Waals surface area contributed by atoms with Crippen LogP contribution in [0.4, 0.5) is 0 Å². The molecule has 1 aromatic heterocycles. The number of rotatable bonds is 7. The molecule has 2 rings (SSSR count). The summed E-state index contributed by atoms with van der Waals surface area (Å²) in [6.07, 6.45) is 3.05. The van der Waals surface area contributed by atoms with Gasteiger partial charge in [0, 0.05) is 18.2 Å². The summed E-state index contributed by atoms with van der Waals surface area (Å²) in [5.41, 5.74) is 7.90. The molecule has 0 saturated carbocycles. The Morgan fingerprint density at radius 3 is 2.73 bits per heavy atom. The van der Waals surface area contributed by atoms with E-state index in [1.807, 2.05) is 30.3 Å². The second-order valence-electron chi connectivity index (χ2n) is 5.08. The average Bonchev–Trinajstić information content (AvgIpc) is 3.02. The van der Waals surface area contributed by atoms with Gasteiger partial charge in [0.05, 0.1) is 5.69 Å². The van der Waals surface area contributed by atoms with Gasteiger partial charge in [-0.25, -0.2) is 0 Å². The van der Waals surface area contributed by atoms with Gasteiger partial charge in [-0.3, -0.25) is 9.89 Å². The molecule has 0 spiro atoms. The minimum Gasteiger partial charge on any atom is -0.347 e. The maximum Gasteiger partial charge on any atom is 0.269 e. The van der Waals surface area contributed by atoms with Crippen molar-refractivity contribution in [3.05, 3.63) is 42.1 Å². The molecule has 0 aliphatic heterocycles. The van der Waals surface area contributed by atoms with Gasteiger partial charge < -0.3 is 11.1 Å². The van der Waals surface area contributed by atoms with Crippen LogP contribution in [0.25, 0.3) is 11.3 Å². The number of nitrogens with two attached hydrogens (primary N) is 1. The summed E-state index contributed by atoms with van der Waals surface area (Å²) in [5, 5.41) is 9.92. The van der Waals surface area contributed by atoms with E-state index in [1.165, 1.54) is 0 Å².